The quantitative estimate of drug-likeness (QED) is 0.314. The zero-order valence-corrected chi connectivity index (χ0v) is 23.5. The number of anilines is 2. The maximum absolute atomic E-state index is 11.6. The van der Waals surface area contributed by atoms with Gasteiger partial charge in [0.1, 0.15) is 18.1 Å². The summed E-state index contributed by atoms with van der Waals surface area (Å²) in [6.07, 6.45) is 11.7. The Labute approximate surface area is 241 Å². The van der Waals surface area contributed by atoms with E-state index in [2.05, 4.69) is 123 Å². The minimum absolute atomic E-state index is 0.0760. The van der Waals surface area contributed by atoms with Gasteiger partial charge < -0.3 is 15.2 Å². The zero-order valence-electron chi connectivity index (χ0n) is 23.5. The first-order chi connectivity index (χ1) is 20.0. The van der Waals surface area contributed by atoms with Gasteiger partial charge in [-0.2, -0.15) is 0 Å². The number of carbonyl (C=O) groups excluding carboxylic acids is 1. The molecule has 8 nitrogen and oxygen atoms in total. The standard InChI is InChI=1S/C32H33BN7O/c1-22(41)34-26-14-12-25(13-15-26)32-28-16-18-30(37(2)20-23-8-4-3-5-9-23)39(28)33-40-29(32)17-19-31(40)38-21-27(35-36-38)24-10-6-7-11-24/h3-5,8-9,12-19,21,24,35-36H,6-7,10-11,20H2,1-2H3/p+1. The summed E-state index contributed by atoms with van der Waals surface area (Å²) in [6, 6.07) is 23.0. The number of hydrogen-bond acceptors (Lipinski definition) is 4. The summed E-state index contributed by atoms with van der Waals surface area (Å²) in [5.41, 5.74) is 14.6. The molecule has 205 valence electrons. The number of rotatable bonds is 6. The van der Waals surface area contributed by atoms with E-state index < -0.39 is 0 Å². The van der Waals surface area contributed by atoms with Crippen LogP contribution in [0.5, 0.6) is 0 Å². The highest BCUT2D eigenvalue weighted by atomic mass is 16.1. The number of hydrazine groups is 2. The monoisotopic (exact) mass is 543 g/mol. The van der Waals surface area contributed by atoms with Crippen molar-refractivity contribution < 1.29 is 9.37 Å². The van der Waals surface area contributed by atoms with Crippen molar-refractivity contribution in [2.24, 2.45) is 5.92 Å². The van der Waals surface area contributed by atoms with Gasteiger partial charge in [0.05, 0.1) is 7.05 Å². The average molecular weight is 543 g/mol. The van der Waals surface area contributed by atoms with Crippen molar-refractivity contribution in [3.63, 3.8) is 0 Å². The van der Waals surface area contributed by atoms with Gasteiger partial charge in [-0.3, -0.25) is 14.2 Å². The lowest BCUT2D eigenvalue weighted by Gasteiger charge is -2.27. The highest BCUT2D eigenvalue weighted by Gasteiger charge is 2.40. The van der Waals surface area contributed by atoms with Crippen LogP contribution in [0.1, 0.15) is 49.4 Å². The molecule has 3 aliphatic heterocycles. The van der Waals surface area contributed by atoms with Crippen molar-refractivity contribution >= 4 is 36.4 Å². The summed E-state index contributed by atoms with van der Waals surface area (Å²) in [6.45, 7) is 2.33. The second-order valence-electron chi connectivity index (χ2n) is 11.2. The molecular weight excluding hydrogens is 509 g/mol. The Kier molecular flexibility index (Phi) is 6.51. The SMILES string of the molecule is CC(=O)Nc1ccc(C2=C3C=CC(=[N+](C)Cc4ccccc4)N3[B]n3c2ccc3N2C=C(C3CCCC3)NN2)cc1. The Morgan fingerprint density at radius 2 is 1.80 bits per heavy atom. The molecule has 1 aliphatic carbocycles. The first-order valence-corrected chi connectivity index (χ1v) is 14.4. The lowest BCUT2D eigenvalue weighted by molar-refractivity contribution is -0.516. The third kappa shape index (κ3) is 4.76. The van der Waals surface area contributed by atoms with Crippen LogP contribution in [-0.4, -0.2) is 40.2 Å². The van der Waals surface area contributed by atoms with E-state index >= 15 is 0 Å². The molecule has 4 heterocycles. The number of aromatic nitrogens is 1. The van der Waals surface area contributed by atoms with Crippen LogP contribution >= 0.6 is 0 Å². The van der Waals surface area contributed by atoms with E-state index in [1.807, 2.05) is 12.1 Å². The van der Waals surface area contributed by atoms with E-state index in [4.69, 9.17) is 0 Å². The fourth-order valence-corrected chi connectivity index (χ4v) is 6.33. The molecule has 9 heteroatoms. The fraction of sp³-hybridized carbons (Fsp3) is 0.250. The van der Waals surface area contributed by atoms with Crippen molar-refractivity contribution in [1.82, 2.24) is 20.2 Å². The number of nitrogens with zero attached hydrogens (tertiary/aromatic N) is 4. The van der Waals surface area contributed by atoms with Gasteiger partial charge in [0.25, 0.3) is 5.84 Å². The van der Waals surface area contributed by atoms with Gasteiger partial charge in [-0.05, 0) is 54.3 Å². The van der Waals surface area contributed by atoms with Gasteiger partial charge in [-0.15, -0.1) is 5.53 Å². The number of hydrogen-bond donors (Lipinski definition) is 3. The first-order valence-electron chi connectivity index (χ1n) is 14.4. The van der Waals surface area contributed by atoms with Crippen LogP contribution in [0.25, 0.3) is 5.57 Å². The van der Waals surface area contributed by atoms with Gasteiger partial charge in [-0.1, -0.05) is 55.3 Å². The Bertz CT molecular complexity index is 1610. The van der Waals surface area contributed by atoms with E-state index in [0.717, 1.165) is 46.4 Å². The smallest absolute Gasteiger partial charge is 0.329 e. The van der Waals surface area contributed by atoms with Gasteiger partial charge >= 0.3 is 7.55 Å². The average Bonchev–Trinajstić information content (AvgIpc) is 3.78. The summed E-state index contributed by atoms with van der Waals surface area (Å²) in [7, 11) is 4.33. The molecule has 2 aromatic carbocycles. The van der Waals surface area contributed by atoms with Crippen LogP contribution in [0.4, 0.5) is 11.5 Å². The van der Waals surface area contributed by atoms with Crippen LogP contribution in [0, 0.1) is 5.92 Å². The molecule has 4 aliphatic rings. The highest BCUT2D eigenvalue weighted by Crippen LogP contribution is 2.39. The van der Waals surface area contributed by atoms with Crippen molar-refractivity contribution in [1.29, 1.82) is 0 Å². The molecular formula is C32H34BN7O+. The molecule has 1 amide bonds. The normalized spacial score (nSPS) is 19.1. The van der Waals surface area contributed by atoms with E-state index in [0.29, 0.717) is 5.92 Å². The largest absolute Gasteiger partial charge is 0.553 e. The van der Waals surface area contributed by atoms with Crippen LogP contribution < -0.4 is 21.3 Å². The lowest BCUT2D eigenvalue weighted by atomic mass is 9.91. The van der Waals surface area contributed by atoms with Crippen LogP contribution in [0.2, 0.25) is 0 Å². The Balaban J connectivity index is 1.29. The molecule has 0 atom stereocenters. The molecule has 3 aromatic rings. The predicted octanol–water partition coefficient (Wildman–Crippen LogP) is 4.58. The molecule has 3 N–H and O–H groups in total. The predicted molar refractivity (Wildman–Crippen MR) is 163 cm³/mol. The number of fused-ring (bicyclic) bond motifs is 2. The Hall–Kier alpha value is -4.50. The van der Waals surface area contributed by atoms with Crippen LogP contribution in [-0.2, 0) is 11.3 Å². The molecule has 0 spiro atoms. The summed E-state index contributed by atoms with van der Waals surface area (Å²) < 4.78 is 4.54. The first kappa shape index (κ1) is 25.5. The van der Waals surface area contributed by atoms with Crippen LogP contribution in [0.15, 0.2) is 96.5 Å². The second kappa shape index (κ2) is 10.5. The number of allylic oxidation sites excluding steroid dienone is 2. The maximum Gasteiger partial charge on any atom is 0.553 e. The van der Waals surface area contributed by atoms with Crippen LogP contribution in [0.3, 0.4) is 0 Å². The molecule has 1 radical (unpaired) electrons. The molecule has 41 heavy (non-hydrogen) atoms. The lowest BCUT2D eigenvalue weighted by Crippen LogP contribution is -2.44. The fourth-order valence-electron chi connectivity index (χ4n) is 6.33. The van der Waals surface area contributed by atoms with E-state index in [1.165, 1.54) is 43.9 Å². The van der Waals surface area contributed by atoms with Crippen molar-refractivity contribution in [2.75, 3.05) is 17.4 Å². The van der Waals surface area contributed by atoms with Crippen molar-refractivity contribution in [2.45, 2.75) is 39.2 Å². The van der Waals surface area contributed by atoms with E-state index in [9.17, 15) is 4.79 Å². The number of amides is 1. The third-order valence-corrected chi connectivity index (χ3v) is 8.31. The van der Waals surface area contributed by atoms with E-state index in [-0.39, 0.29) is 5.91 Å². The maximum atomic E-state index is 11.6. The van der Waals surface area contributed by atoms with E-state index in [1.54, 1.807) is 0 Å². The summed E-state index contributed by atoms with van der Waals surface area (Å²) in [4.78, 5) is 13.9. The summed E-state index contributed by atoms with van der Waals surface area (Å²) >= 11 is 0. The van der Waals surface area contributed by atoms with Crippen molar-refractivity contribution in [3.05, 3.63) is 113 Å². The van der Waals surface area contributed by atoms with Gasteiger partial charge in [0, 0.05) is 47.8 Å². The minimum Gasteiger partial charge on any atom is -0.329 e. The summed E-state index contributed by atoms with van der Waals surface area (Å²) in [5.74, 6) is 2.65. The van der Waals surface area contributed by atoms with Gasteiger partial charge in [0.2, 0.25) is 5.91 Å². The topological polar surface area (TPSA) is 67.6 Å². The molecule has 1 fully saturated rings. The minimum atomic E-state index is -0.0760. The van der Waals surface area contributed by atoms with Gasteiger partial charge in [0.15, 0.2) is 0 Å². The Morgan fingerprint density at radius 1 is 1.02 bits per heavy atom. The molecule has 1 saturated carbocycles. The zero-order chi connectivity index (χ0) is 27.9. The molecule has 7 rings (SSSR count). The second-order valence-corrected chi connectivity index (χ2v) is 11.2. The number of benzene rings is 2. The molecule has 0 unspecified atom stereocenters. The number of carbonyl (C=O) groups is 1. The summed E-state index contributed by atoms with van der Waals surface area (Å²) in [5, 5.41) is 4.97. The number of nitrogens with one attached hydrogen (secondary N) is 3. The molecule has 1 aromatic heterocycles. The third-order valence-electron chi connectivity index (χ3n) is 8.31. The van der Waals surface area contributed by atoms with Gasteiger partial charge in [-0.25, -0.2) is 5.01 Å². The Morgan fingerprint density at radius 3 is 2.56 bits per heavy atom. The van der Waals surface area contributed by atoms with Crippen molar-refractivity contribution in [3.8, 4) is 0 Å². The number of amidine groups is 1. The highest BCUT2D eigenvalue weighted by molar-refractivity contribution is 6.41. The molecule has 0 bridgehead atoms. The molecule has 0 saturated heterocycles.